The fraction of sp³-hybridized carbons (Fsp3) is 0.154. The maximum atomic E-state index is 13.4. The lowest BCUT2D eigenvalue weighted by Crippen LogP contribution is -2.27. The number of thiophene rings is 1. The molecule has 3 N–H and O–H groups in total. The van der Waals surface area contributed by atoms with Crippen LogP contribution in [0.2, 0.25) is 4.34 Å². The number of carbonyl (C=O) groups is 1. The lowest BCUT2D eigenvalue weighted by atomic mass is 10.1. The van der Waals surface area contributed by atoms with Crippen LogP contribution in [0.15, 0.2) is 28.7 Å². The molecule has 2 rings (SSSR count). The molecule has 0 aliphatic rings. The van der Waals surface area contributed by atoms with Crippen molar-refractivity contribution in [2.24, 2.45) is 5.73 Å². The third-order valence-electron chi connectivity index (χ3n) is 2.59. The van der Waals surface area contributed by atoms with E-state index < -0.39 is 11.9 Å². The van der Waals surface area contributed by atoms with E-state index in [9.17, 15) is 9.18 Å². The van der Waals surface area contributed by atoms with Gasteiger partial charge in [-0.25, -0.2) is 4.39 Å². The van der Waals surface area contributed by atoms with Crippen molar-refractivity contribution in [1.29, 1.82) is 0 Å². The van der Waals surface area contributed by atoms with Gasteiger partial charge < -0.3 is 11.1 Å². The summed E-state index contributed by atoms with van der Waals surface area (Å²) in [6, 6.07) is 5.42. The number of hydrogen-bond donors (Lipinski definition) is 2. The van der Waals surface area contributed by atoms with Crippen LogP contribution in [-0.2, 0) is 4.79 Å². The van der Waals surface area contributed by atoms with Crippen LogP contribution in [0.1, 0.15) is 16.5 Å². The van der Waals surface area contributed by atoms with Crippen LogP contribution in [0, 0.1) is 12.7 Å². The van der Waals surface area contributed by atoms with Crippen molar-refractivity contribution >= 4 is 50.5 Å². The Kier molecular flexibility index (Phi) is 4.67. The van der Waals surface area contributed by atoms with Gasteiger partial charge in [-0.2, -0.15) is 0 Å². The predicted molar refractivity (Wildman–Crippen MR) is 83.7 cm³/mol. The van der Waals surface area contributed by atoms with Gasteiger partial charge in [-0.15, -0.1) is 11.3 Å². The van der Waals surface area contributed by atoms with Crippen LogP contribution < -0.4 is 11.1 Å². The minimum absolute atomic E-state index is 0.374. The first-order valence-corrected chi connectivity index (χ1v) is 7.63. The second-order valence-corrected chi connectivity index (χ2v) is 6.81. The second-order valence-electron chi connectivity index (χ2n) is 4.27. The quantitative estimate of drug-likeness (QED) is 0.837. The summed E-state index contributed by atoms with van der Waals surface area (Å²) in [5, 5.41) is 2.93. The standard InChI is InChI=1S/C13H11BrClFN2OS/c1-6-2-7(16)4-8(3-6)18-11(13(17)19)10-5-9(14)12(15)20-10/h2-5,11,18H,1H3,(H2,17,19). The number of halogens is 3. The third-order valence-corrected chi connectivity index (χ3v) is 5.13. The van der Waals surface area contributed by atoms with E-state index >= 15 is 0 Å². The normalized spacial score (nSPS) is 12.2. The molecule has 106 valence electrons. The lowest BCUT2D eigenvalue weighted by molar-refractivity contribution is -0.118. The topological polar surface area (TPSA) is 55.1 Å². The fourth-order valence-corrected chi connectivity index (χ4v) is 3.57. The van der Waals surface area contributed by atoms with E-state index in [1.807, 2.05) is 0 Å². The highest BCUT2D eigenvalue weighted by Crippen LogP contribution is 2.36. The lowest BCUT2D eigenvalue weighted by Gasteiger charge is -2.15. The molecule has 1 unspecified atom stereocenters. The molecular weight excluding hydrogens is 367 g/mol. The van der Waals surface area contributed by atoms with Crippen molar-refractivity contribution in [2.45, 2.75) is 13.0 Å². The Balaban J connectivity index is 2.32. The van der Waals surface area contributed by atoms with Gasteiger partial charge >= 0.3 is 0 Å². The Hall–Kier alpha value is -1.11. The maximum absolute atomic E-state index is 13.4. The van der Waals surface area contributed by atoms with Crippen molar-refractivity contribution in [3.63, 3.8) is 0 Å². The third kappa shape index (κ3) is 3.50. The minimum atomic E-state index is -0.759. The molecule has 1 atom stereocenters. The van der Waals surface area contributed by atoms with Crippen molar-refractivity contribution in [3.05, 3.63) is 49.3 Å². The van der Waals surface area contributed by atoms with E-state index in [1.54, 1.807) is 19.1 Å². The summed E-state index contributed by atoms with van der Waals surface area (Å²) in [5.41, 5.74) is 6.65. The van der Waals surface area contributed by atoms with Gasteiger partial charge in [0.1, 0.15) is 16.2 Å². The predicted octanol–water partition coefficient (Wildman–Crippen LogP) is 4.25. The van der Waals surface area contributed by atoms with Gasteiger partial charge in [0.25, 0.3) is 0 Å². The Labute approximate surface area is 133 Å². The van der Waals surface area contributed by atoms with Crippen LogP contribution >= 0.6 is 38.9 Å². The van der Waals surface area contributed by atoms with Gasteiger partial charge in [0, 0.05) is 15.0 Å². The summed E-state index contributed by atoms with van der Waals surface area (Å²) in [5.74, 6) is -0.932. The number of nitrogens with two attached hydrogens (primary N) is 1. The number of amides is 1. The van der Waals surface area contributed by atoms with Crippen LogP contribution in [0.25, 0.3) is 0 Å². The summed E-state index contributed by atoms with van der Waals surface area (Å²) in [6.45, 7) is 1.77. The Bertz CT molecular complexity index is 622. The number of aryl methyl sites for hydroxylation is 1. The molecule has 2 aromatic rings. The van der Waals surface area contributed by atoms with Crippen molar-refractivity contribution in [3.8, 4) is 0 Å². The number of carbonyl (C=O) groups excluding carboxylic acids is 1. The molecule has 0 radical (unpaired) electrons. The molecule has 1 aromatic carbocycles. The highest BCUT2D eigenvalue weighted by molar-refractivity contribution is 9.10. The summed E-state index contributed by atoms with van der Waals surface area (Å²) >= 11 is 10.5. The number of rotatable bonds is 4. The van der Waals surface area contributed by atoms with E-state index in [-0.39, 0.29) is 5.82 Å². The first kappa shape index (κ1) is 15.3. The zero-order valence-electron chi connectivity index (χ0n) is 10.4. The first-order valence-electron chi connectivity index (χ1n) is 5.64. The average molecular weight is 378 g/mol. The largest absolute Gasteiger partial charge is 0.369 e. The van der Waals surface area contributed by atoms with E-state index in [4.69, 9.17) is 17.3 Å². The highest BCUT2D eigenvalue weighted by Gasteiger charge is 2.21. The molecule has 0 aliphatic carbocycles. The van der Waals surface area contributed by atoms with Crippen LogP contribution in [0.5, 0.6) is 0 Å². The average Bonchev–Trinajstić information content (AvgIpc) is 2.64. The second kappa shape index (κ2) is 6.11. The Morgan fingerprint density at radius 1 is 1.45 bits per heavy atom. The summed E-state index contributed by atoms with van der Waals surface area (Å²) in [6.07, 6.45) is 0. The van der Waals surface area contributed by atoms with Crippen LogP contribution in [-0.4, -0.2) is 5.91 Å². The number of primary amides is 1. The Morgan fingerprint density at radius 2 is 2.15 bits per heavy atom. The highest BCUT2D eigenvalue weighted by atomic mass is 79.9. The zero-order chi connectivity index (χ0) is 14.9. The number of benzene rings is 1. The van der Waals surface area contributed by atoms with Crippen LogP contribution in [0.3, 0.4) is 0 Å². The van der Waals surface area contributed by atoms with Gasteiger partial charge in [0.15, 0.2) is 0 Å². The van der Waals surface area contributed by atoms with Gasteiger partial charge in [-0.05, 0) is 52.7 Å². The molecule has 1 heterocycles. The summed E-state index contributed by atoms with van der Waals surface area (Å²) in [4.78, 5) is 12.3. The van der Waals surface area contributed by atoms with Gasteiger partial charge in [0.05, 0.1) is 0 Å². The molecule has 0 spiro atoms. The molecule has 20 heavy (non-hydrogen) atoms. The SMILES string of the molecule is Cc1cc(F)cc(NC(C(N)=O)c2cc(Br)c(Cl)s2)c1. The Morgan fingerprint density at radius 3 is 2.65 bits per heavy atom. The van der Waals surface area contributed by atoms with Gasteiger partial charge in [-0.1, -0.05) is 11.6 Å². The van der Waals surface area contributed by atoms with E-state index in [1.165, 1.54) is 23.5 Å². The van der Waals surface area contributed by atoms with Crippen molar-refractivity contribution in [1.82, 2.24) is 0 Å². The number of anilines is 1. The molecule has 0 saturated heterocycles. The maximum Gasteiger partial charge on any atom is 0.245 e. The zero-order valence-corrected chi connectivity index (χ0v) is 13.6. The number of hydrogen-bond acceptors (Lipinski definition) is 3. The van der Waals surface area contributed by atoms with E-state index in [2.05, 4.69) is 21.2 Å². The monoisotopic (exact) mass is 376 g/mol. The molecule has 0 fully saturated rings. The van der Waals surface area contributed by atoms with Gasteiger partial charge in [-0.3, -0.25) is 4.79 Å². The van der Waals surface area contributed by atoms with Crippen LogP contribution in [0.4, 0.5) is 10.1 Å². The molecular formula is C13H11BrClFN2OS. The fourth-order valence-electron chi connectivity index (χ4n) is 1.77. The number of nitrogens with one attached hydrogen (secondary N) is 1. The summed E-state index contributed by atoms with van der Waals surface area (Å²) in [7, 11) is 0. The van der Waals surface area contributed by atoms with E-state index in [0.717, 1.165) is 5.56 Å². The van der Waals surface area contributed by atoms with Crippen molar-refractivity contribution in [2.75, 3.05) is 5.32 Å². The van der Waals surface area contributed by atoms with E-state index in [0.29, 0.717) is 19.4 Å². The van der Waals surface area contributed by atoms with Gasteiger partial charge in [0.2, 0.25) is 5.91 Å². The molecule has 0 bridgehead atoms. The smallest absolute Gasteiger partial charge is 0.245 e. The molecule has 0 saturated carbocycles. The molecule has 0 aliphatic heterocycles. The molecule has 1 amide bonds. The minimum Gasteiger partial charge on any atom is -0.369 e. The molecule has 1 aromatic heterocycles. The molecule has 7 heteroatoms. The molecule has 3 nitrogen and oxygen atoms in total. The first-order chi connectivity index (χ1) is 9.36. The summed E-state index contributed by atoms with van der Waals surface area (Å²) < 4.78 is 14.6. The van der Waals surface area contributed by atoms with Crippen molar-refractivity contribution < 1.29 is 9.18 Å².